The summed E-state index contributed by atoms with van der Waals surface area (Å²) in [6, 6.07) is 17.5. The predicted octanol–water partition coefficient (Wildman–Crippen LogP) is 2.40. The number of hydrogen-bond acceptors (Lipinski definition) is 4. The summed E-state index contributed by atoms with van der Waals surface area (Å²) in [5, 5.41) is 5.73. The maximum Gasteiger partial charge on any atom is 0.315 e. The van der Waals surface area contributed by atoms with Gasteiger partial charge < -0.3 is 20.1 Å². The molecule has 2 aromatic rings. The van der Waals surface area contributed by atoms with E-state index in [1.807, 2.05) is 54.6 Å². The summed E-state index contributed by atoms with van der Waals surface area (Å²) >= 11 is 0. The number of hydrogen-bond donors (Lipinski definition) is 2. The zero-order chi connectivity index (χ0) is 18.7. The van der Waals surface area contributed by atoms with Gasteiger partial charge in [0.2, 0.25) is 0 Å². The van der Waals surface area contributed by atoms with Crippen molar-refractivity contribution >= 4 is 6.03 Å². The van der Waals surface area contributed by atoms with Crippen LogP contribution in [0.5, 0.6) is 5.75 Å². The van der Waals surface area contributed by atoms with Crippen molar-refractivity contribution in [3.63, 3.8) is 0 Å². The van der Waals surface area contributed by atoms with Crippen molar-refractivity contribution in [2.45, 2.75) is 13.1 Å². The Bertz CT molecular complexity index is 703. The van der Waals surface area contributed by atoms with Crippen molar-refractivity contribution in [1.82, 2.24) is 15.5 Å². The van der Waals surface area contributed by atoms with E-state index in [9.17, 15) is 4.79 Å². The van der Waals surface area contributed by atoms with Crippen LogP contribution in [-0.2, 0) is 17.8 Å². The molecular weight excluding hydrogens is 342 g/mol. The number of carbonyl (C=O) groups excluding carboxylic acids is 1. The Labute approximate surface area is 160 Å². The van der Waals surface area contributed by atoms with E-state index in [1.165, 1.54) is 0 Å². The Hall–Kier alpha value is -2.57. The predicted molar refractivity (Wildman–Crippen MR) is 105 cm³/mol. The number of nitrogens with zero attached hydrogens (tertiary/aromatic N) is 1. The number of benzene rings is 2. The average Bonchev–Trinajstić information content (AvgIpc) is 2.73. The van der Waals surface area contributed by atoms with E-state index in [4.69, 9.17) is 9.47 Å². The Morgan fingerprint density at radius 2 is 1.67 bits per heavy atom. The van der Waals surface area contributed by atoms with Crippen LogP contribution in [0.4, 0.5) is 4.79 Å². The summed E-state index contributed by atoms with van der Waals surface area (Å²) in [4.78, 5) is 14.3. The zero-order valence-electron chi connectivity index (χ0n) is 15.5. The highest BCUT2D eigenvalue weighted by atomic mass is 16.5. The van der Waals surface area contributed by atoms with Crippen LogP contribution in [0.25, 0.3) is 0 Å². The van der Waals surface area contributed by atoms with Gasteiger partial charge in [-0.2, -0.15) is 0 Å². The van der Waals surface area contributed by atoms with Crippen LogP contribution in [0.2, 0.25) is 0 Å². The molecule has 0 unspecified atom stereocenters. The monoisotopic (exact) mass is 369 g/mol. The molecule has 0 atom stereocenters. The van der Waals surface area contributed by atoms with Crippen molar-refractivity contribution in [3.8, 4) is 5.75 Å². The van der Waals surface area contributed by atoms with Gasteiger partial charge in [-0.15, -0.1) is 0 Å². The molecule has 0 saturated carbocycles. The highest BCUT2D eigenvalue weighted by Crippen LogP contribution is 2.13. The Morgan fingerprint density at radius 3 is 2.44 bits per heavy atom. The summed E-state index contributed by atoms with van der Waals surface area (Å²) in [5.74, 6) is 0.826. The van der Waals surface area contributed by atoms with Crippen LogP contribution in [0, 0.1) is 0 Å². The third-order valence-electron chi connectivity index (χ3n) is 4.43. The largest absolute Gasteiger partial charge is 0.492 e. The minimum atomic E-state index is -0.183. The average molecular weight is 369 g/mol. The number of amides is 2. The zero-order valence-corrected chi connectivity index (χ0v) is 15.5. The normalized spacial score (nSPS) is 14.5. The van der Waals surface area contributed by atoms with Gasteiger partial charge in [0.1, 0.15) is 12.4 Å². The molecule has 1 aliphatic rings. The highest BCUT2D eigenvalue weighted by Gasteiger charge is 2.09. The van der Waals surface area contributed by atoms with Gasteiger partial charge in [0, 0.05) is 32.7 Å². The first-order valence-corrected chi connectivity index (χ1v) is 9.37. The number of rotatable bonds is 8. The molecule has 0 radical (unpaired) electrons. The van der Waals surface area contributed by atoms with Crippen molar-refractivity contribution < 1.29 is 14.3 Å². The van der Waals surface area contributed by atoms with E-state index in [0.29, 0.717) is 19.7 Å². The van der Waals surface area contributed by atoms with Crippen LogP contribution < -0.4 is 15.4 Å². The quantitative estimate of drug-likeness (QED) is 0.750. The first-order chi connectivity index (χ1) is 13.3. The maximum absolute atomic E-state index is 12.0. The number of urea groups is 1. The number of nitrogens with one attached hydrogen (secondary N) is 2. The first-order valence-electron chi connectivity index (χ1n) is 9.37. The van der Waals surface area contributed by atoms with Gasteiger partial charge in [0.05, 0.1) is 13.2 Å². The fourth-order valence-corrected chi connectivity index (χ4v) is 2.89. The Balaban J connectivity index is 1.37. The molecule has 144 valence electrons. The van der Waals surface area contributed by atoms with Gasteiger partial charge in [-0.3, -0.25) is 4.90 Å². The van der Waals surface area contributed by atoms with Gasteiger partial charge in [-0.05, 0) is 23.3 Å². The first kappa shape index (κ1) is 19.2. The second kappa shape index (κ2) is 10.5. The minimum absolute atomic E-state index is 0.183. The van der Waals surface area contributed by atoms with Crippen LogP contribution in [0.1, 0.15) is 11.1 Å². The molecule has 3 rings (SSSR count). The molecule has 1 heterocycles. The molecule has 6 nitrogen and oxygen atoms in total. The standard InChI is InChI=1S/C21H27N3O3/c25-21(22-16-18-5-2-1-3-6-18)23-17-19-7-4-8-20(15-19)27-14-11-24-9-12-26-13-10-24/h1-8,15H,9-14,16-17H2,(H2,22,23,25). The van der Waals surface area contributed by atoms with E-state index < -0.39 is 0 Å². The van der Waals surface area contributed by atoms with Gasteiger partial charge in [-0.1, -0.05) is 42.5 Å². The third-order valence-corrected chi connectivity index (χ3v) is 4.43. The lowest BCUT2D eigenvalue weighted by Crippen LogP contribution is -2.38. The van der Waals surface area contributed by atoms with Crippen molar-refractivity contribution in [2.24, 2.45) is 0 Å². The Morgan fingerprint density at radius 1 is 0.963 bits per heavy atom. The fourth-order valence-electron chi connectivity index (χ4n) is 2.89. The molecule has 1 fully saturated rings. The molecule has 2 amide bonds. The van der Waals surface area contributed by atoms with Crippen molar-refractivity contribution in [3.05, 3.63) is 65.7 Å². The van der Waals surface area contributed by atoms with Crippen LogP contribution in [0.15, 0.2) is 54.6 Å². The lowest BCUT2D eigenvalue weighted by atomic mass is 10.2. The lowest BCUT2D eigenvalue weighted by molar-refractivity contribution is 0.0322. The van der Waals surface area contributed by atoms with Crippen molar-refractivity contribution in [2.75, 3.05) is 39.5 Å². The summed E-state index contributed by atoms with van der Waals surface area (Å²) in [7, 11) is 0. The minimum Gasteiger partial charge on any atom is -0.492 e. The summed E-state index contributed by atoms with van der Waals surface area (Å²) in [6.45, 7) is 6.04. The summed E-state index contributed by atoms with van der Waals surface area (Å²) in [5.41, 5.74) is 2.08. The van der Waals surface area contributed by atoms with Crippen LogP contribution >= 0.6 is 0 Å². The summed E-state index contributed by atoms with van der Waals surface area (Å²) in [6.07, 6.45) is 0. The SMILES string of the molecule is O=C(NCc1ccccc1)NCc1cccc(OCCN2CCOCC2)c1. The summed E-state index contributed by atoms with van der Waals surface area (Å²) < 4.78 is 11.2. The molecule has 0 aliphatic carbocycles. The molecule has 0 bridgehead atoms. The van der Waals surface area contributed by atoms with Gasteiger partial charge in [-0.25, -0.2) is 4.79 Å². The van der Waals surface area contributed by atoms with Crippen LogP contribution in [-0.4, -0.2) is 50.4 Å². The molecular formula is C21H27N3O3. The van der Waals surface area contributed by atoms with Crippen molar-refractivity contribution in [1.29, 1.82) is 0 Å². The molecule has 1 saturated heterocycles. The maximum atomic E-state index is 12.0. The molecule has 1 aliphatic heterocycles. The molecule has 2 aromatic carbocycles. The second-order valence-corrected chi connectivity index (χ2v) is 6.47. The highest BCUT2D eigenvalue weighted by molar-refractivity contribution is 5.73. The third kappa shape index (κ3) is 6.92. The van der Waals surface area contributed by atoms with Gasteiger partial charge in [0.15, 0.2) is 0 Å². The number of morpholine rings is 1. The number of ether oxygens (including phenoxy) is 2. The molecule has 27 heavy (non-hydrogen) atoms. The van der Waals surface area contributed by atoms with E-state index in [2.05, 4.69) is 15.5 Å². The smallest absolute Gasteiger partial charge is 0.315 e. The van der Waals surface area contributed by atoms with E-state index in [1.54, 1.807) is 0 Å². The molecule has 0 spiro atoms. The van der Waals surface area contributed by atoms with Crippen LogP contribution in [0.3, 0.4) is 0 Å². The Kier molecular flexibility index (Phi) is 7.50. The van der Waals surface area contributed by atoms with E-state index >= 15 is 0 Å². The van der Waals surface area contributed by atoms with Gasteiger partial charge >= 0.3 is 6.03 Å². The topological polar surface area (TPSA) is 62.8 Å². The van der Waals surface area contributed by atoms with Gasteiger partial charge in [0.25, 0.3) is 0 Å². The molecule has 2 N–H and O–H groups in total. The lowest BCUT2D eigenvalue weighted by Gasteiger charge is -2.26. The molecule has 0 aromatic heterocycles. The van der Waals surface area contributed by atoms with E-state index in [0.717, 1.165) is 49.7 Å². The second-order valence-electron chi connectivity index (χ2n) is 6.47. The fraction of sp³-hybridized carbons (Fsp3) is 0.381. The molecule has 6 heteroatoms. The van der Waals surface area contributed by atoms with E-state index in [-0.39, 0.29) is 6.03 Å². The number of carbonyl (C=O) groups is 1.